The van der Waals surface area contributed by atoms with Gasteiger partial charge < -0.3 is 16.2 Å². The summed E-state index contributed by atoms with van der Waals surface area (Å²) >= 11 is 0. The Morgan fingerprint density at radius 1 is 1.47 bits per heavy atom. The highest BCUT2D eigenvalue weighted by Crippen LogP contribution is 2.18. The highest BCUT2D eigenvalue weighted by Gasteiger charge is 2.19. The summed E-state index contributed by atoms with van der Waals surface area (Å²) in [5.41, 5.74) is 4.37. The van der Waals surface area contributed by atoms with Gasteiger partial charge >= 0.3 is 0 Å². The summed E-state index contributed by atoms with van der Waals surface area (Å²) < 4.78 is 26.9. The van der Waals surface area contributed by atoms with E-state index < -0.39 is 23.1 Å². The lowest BCUT2D eigenvalue weighted by molar-refractivity contribution is 0.0944. The molecule has 0 heterocycles. The molecule has 1 aromatic rings. The minimum Gasteiger partial charge on any atom is -0.396 e. The zero-order valence-corrected chi connectivity index (χ0v) is 10.7. The van der Waals surface area contributed by atoms with Gasteiger partial charge in [0, 0.05) is 13.2 Å². The van der Waals surface area contributed by atoms with Crippen LogP contribution in [0.2, 0.25) is 0 Å². The smallest absolute Gasteiger partial charge is 0.257 e. The van der Waals surface area contributed by atoms with Crippen LogP contribution in [0, 0.1) is 17.6 Å². The van der Waals surface area contributed by atoms with E-state index in [4.69, 9.17) is 10.8 Å². The van der Waals surface area contributed by atoms with Crippen LogP contribution in [0.5, 0.6) is 0 Å². The van der Waals surface area contributed by atoms with E-state index in [0.717, 1.165) is 18.6 Å². The fourth-order valence-corrected chi connectivity index (χ4v) is 1.61. The van der Waals surface area contributed by atoms with Gasteiger partial charge in [-0.2, -0.15) is 0 Å². The van der Waals surface area contributed by atoms with Crippen LogP contribution >= 0.6 is 0 Å². The van der Waals surface area contributed by atoms with Crippen molar-refractivity contribution in [3.8, 4) is 0 Å². The molecule has 1 atom stereocenters. The molecule has 0 saturated carbocycles. The highest BCUT2D eigenvalue weighted by atomic mass is 19.1. The maximum Gasteiger partial charge on any atom is 0.257 e. The van der Waals surface area contributed by atoms with E-state index in [-0.39, 0.29) is 24.8 Å². The zero-order chi connectivity index (χ0) is 14.4. The molecule has 6 heteroatoms. The highest BCUT2D eigenvalue weighted by molar-refractivity contribution is 5.95. The van der Waals surface area contributed by atoms with E-state index >= 15 is 0 Å². The summed E-state index contributed by atoms with van der Waals surface area (Å²) in [6.07, 6.45) is 1.34. The molecular weight excluding hydrogens is 254 g/mol. The number of aliphatic hydroxyl groups is 1. The third kappa shape index (κ3) is 4.17. The minimum absolute atomic E-state index is 0.0758. The molecule has 4 N–H and O–H groups in total. The molecule has 106 valence electrons. The summed E-state index contributed by atoms with van der Waals surface area (Å²) in [5.74, 6) is -2.66. The lowest BCUT2D eigenvalue weighted by Gasteiger charge is -2.10. The van der Waals surface area contributed by atoms with Gasteiger partial charge in [0.15, 0.2) is 5.82 Å². The van der Waals surface area contributed by atoms with Gasteiger partial charge in [-0.25, -0.2) is 8.78 Å². The predicted octanol–water partition coefficient (Wildman–Crippen LogP) is 1.69. The number of rotatable bonds is 6. The van der Waals surface area contributed by atoms with E-state index in [2.05, 4.69) is 5.32 Å². The molecule has 1 unspecified atom stereocenters. The third-order valence-electron chi connectivity index (χ3n) is 2.82. The predicted molar refractivity (Wildman–Crippen MR) is 68.6 cm³/mol. The lowest BCUT2D eigenvalue weighted by atomic mass is 10.1. The molecule has 0 spiro atoms. The monoisotopic (exact) mass is 272 g/mol. The molecule has 1 amide bonds. The van der Waals surface area contributed by atoms with Crippen molar-refractivity contribution in [1.82, 2.24) is 5.32 Å². The molecule has 19 heavy (non-hydrogen) atoms. The molecule has 0 aliphatic heterocycles. The summed E-state index contributed by atoms with van der Waals surface area (Å²) in [7, 11) is 0. The van der Waals surface area contributed by atoms with Crippen molar-refractivity contribution in [3.05, 3.63) is 29.3 Å². The van der Waals surface area contributed by atoms with Crippen molar-refractivity contribution in [2.75, 3.05) is 18.9 Å². The number of anilines is 1. The molecule has 0 radical (unpaired) electrons. The van der Waals surface area contributed by atoms with E-state index in [1.54, 1.807) is 0 Å². The van der Waals surface area contributed by atoms with Gasteiger partial charge in [0.25, 0.3) is 5.91 Å². The lowest BCUT2D eigenvalue weighted by Crippen LogP contribution is -2.27. The van der Waals surface area contributed by atoms with Crippen LogP contribution in [0.4, 0.5) is 14.5 Å². The van der Waals surface area contributed by atoms with Crippen LogP contribution < -0.4 is 11.1 Å². The Morgan fingerprint density at radius 2 is 2.16 bits per heavy atom. The van der Waals surface area contributed by atoms with E-state index in [1.165, 1.54) is 0 Å². The molecule has 0 saturated heterocycles. The normalized spacial score (nSPS) is 12.2. The number of amides is 1. The van der Waals surface area contributed by atoms with Crippen LogP contribution in [0.15, 0.2) is 12.1 Å². The first kappa shape index (κ1) is 15.4. The maximum atomic E-state index is 13.5. The summed E-state index contributed by atoms with van der Waals surface area (Å²) in [6.45, 7) is 2.24. The number of hydrogen-bond acceptors (Lipinski definition) is 3. The van der Waals surface area contributed by atoms with Gasteiger partial charge in [-0.15, -0.1) is 0 Å². The Morgan fingerprint density at radius 3 is 2.79 bits per heavy atom. The van der Waals surface area contributed by atoms with Gasteiger partial charge in [-0.3, -0.25) is 4.79 Å². The van der Waals surface area contributed by atoms with Gasteiger partial charge in [-0.1, -0.05) is 6.92 Å². The molecule has 4 nitrogen and oxygen atoms in total. The van der Waals surface area contributed by atoms with Crippen molar-refractivity contribution >= 4 is 11.6 Å². The third-order valence-corrected chi connectivity index (χ3v) is 2.82. The number of halogens is 2. The first-order chi connectivity index (χ1) is 8.97. The first-order valence-corrected chi connectivity index (χ1v) is 6.10. The molecule has 1 rings (SSSR count). The molecule has 0 aliphatic carbocycles. The molecule has 0 bridgehead atoms. The fourth-order valence-electron chi connectivity index (χ4n) is 1.61. The van der Waals surface area contributed by atoms with Crippen molar-refractivity contribution in [2.45, 2.75) is 19.8 Å². The summed E-state index contributed by atoms with van der Waals surface area (Å²) in [6, 6.07) is 2.03. The van der Waals surface area contributed by atoms with Crippen LogP contribution in [-0.2, 0) is 0 Å². The topological polar surface area (TPSA) is 75.3 Å². The number of benzene rings is 1. The van der Waals surface area contributed by atoms with Crippen molar-refractivity contribution < 1.29 is 18.7 Å². The van der Waals surface area contributed by atoms with Crippen molar-refractivity contribution in [1.29, 1.82) is 0 Å². The van der Waals surface area contributed by atoms with E-state index in [0.29, 0.717) is 6.42 Å². The van der Waals surface area contributed by atoms with Crippen LogP contribution in [0.3, 0.4) is 0 Å². The number of carbonyl (C=O) groups excluding carboxylic acids is 1. The standard InChI is InChI=1S/C13H18F2N2O2/c1-8(7-18)3-2-6-17-13(19)11-9(14)4-5-10(16)12(11)15/h4-5,8,18H,2-3,6-7,16H2,1H3,(H,17,19). The molecule has 1 aromatic carbocycles. The average molecular weight is 272 g/mol. The quantitative estimate of drug-likeness (QED) is 0.545. The number of hydrogen-bond donors (Lipinski definition) is 3. The Kier molecular flexibility index (Phi) is 5.69. The van der Waals surface area contributed by atoms with Crippen LogP contribution in [0.25, 0.3) is 0 Å². The van der Waals surface area contributed by atoms with E-state index in [9.17, 15) is 13.6 Å². The number of carbonyl (C=O) groups is 1. The second-order valence-corrected chi connectivity index (χ2v) is 4.51. The second kappa shape index (κ2) is 7.04. The Labute approximate surface area is 110 Å². The largest absolute Gasteiger partial charge is 0.396 e. The Balaban J connectivity index is 2.57. The van der Waals surface area contributed by atoms with Gasteiger partial charge in [0.1, 0.15) is 11.4 Å². The summed E-state index contributed by atoms with van der Waals surface area (Å²) in [4.78, 5) is 11.7. The first-order valence-electron chi connectivity index (χ1n) is 6.10. The molecule has 0 fully saturated rings. The SMILES string of the molecule is CC(CO)CCCNC(=O)c1c(F)ccc(N)c1F. The number of nitrogens with two attached hydrogens (primary N) is 1. The Bertz CT molecular complexity index is 453. The Hall–Kier alpha value is -1.69. The summed E-state index contributed by atoms with van der Waals surface area (Å²) in [5, 5.41) is 11.3. The van der Waals surface area contributed by atoms with Crippen molar-refractivity contribution in [2.24, 2.45) is 5.92 Å². The number of nitrogens with one attached hydrogen (secondary N) is 1. The minimum atomic E-state index is -1.04. The van der Waals surface area contributed by atoms with Gasteiger partial charge in [0.05, 0.1) is 5.69 Å². The molecule has 0 aliphatic rings. The second-order valence-electron chi connectivity index (χ2n) is 4.51. The van der Waals surface area contributed by atoms with Gasteiger partial charge in [0.2, 0.25) is 0 Å². The maximum absolute atomic E-state index is 13.5. The van der Waals surface area contributed by atoms with Crippen molar-refractivity contribution in [3.63, 3.8) is 0 Å². The molecular formula is C13H18F2N2O2. The molecule has 0 aromatic heterocycles. The van der Waals surface area contributed by atoms with Gasteiger partial charge in [-0.05, 0) is 30.9 Å². The number of nitrogen functional groups attached to an aromatic ring is 1. The van der Waals surface area contributed by atoms with E-state index in [1.807, 2.05) is 6.92 Å². The fraction of sp³-hybridized carbons (Fsp3) is 0.462. The van der Waals surface area contributed by atoms with Crippen LogP contribution in [0.1, 0.15) is 30.1 Å². The zero-order valence-electron chi connectivity index (χ0n) is 10.7. The van der Waals surface area contributed by atoms with Crippen LogP contribution in [-0.4, -0.2) is 24.2 Å². The average Bonchev–Trinajstić information content (AvgIpc) is 2.39. The number of aliphatic hydroxyl groups excluding tert-OH is 1.